The van der Waals surface area contributed by atoms with Gasteiger partial charge in [0.15, 0.2) is 0 Å². The Balaban J connectivity index is 1.72. The summed E-state index contributed by atoms with van der Waals surface area (Å²) in [5.41, 5.74) is 3.22. The van der Waals surface area contributed by atoms with Gasteiger partial charge in [-0.3, -0.25) is 19.2 Å². The summed E-state index contributed by atoms with van der Waals surface area (Å²) in [6.07, 6.45) is 5.42. The average molecular weight is 583 g/mol. The number of carboxylic acids is 1. The highest BCUT2D eigenvalue weighted by Gasteiger charge is 2.41. The number of nitrogens with zero attached hydrogens (tertiary/aromatic N) is 1. The molecule has 0 aliphatic carbocycles. The summed E-state index contributed by atoms with van der Waals surface area (Å²) >= 11 is 0. The Kier molecular flexibility index (Phi) is 13.3. The first-order valence-corrected chi connectivity index (χ1v) is 15.1. The van der Waals surface area contributed by atoms with E-state index in [2.05, 4.69) is 49.9 Å². The van der Waals surface area contributed by atoms with Gasteiger partial charge in [-0.25, -0.2) is 0 Å². The van der Waals surface area contributed by atoms with E-state index in [0.717, 1.165) is 42.6 Å². The van der Waals surface area contributed by atoms with E-state index < -0.39 is 12.0 Å². The van der Waals surface area contributed by atoms with Crippen LogP contribution >= 0.6 is 0 Å². The SMILES string of the molecule is C=C(CCCCCN1C(=C)C(C(C)(C)CC)CC1=O)NC(C(=O)NCC(=O)Nc1ccc(CCC(=O)O)cc1)C(C)C. The van der Waals surface area contributed by atoms with Crippen LogP contribution in [0.2, 0.25) is 0 Å². The van der Waals surface area contributed by atoms with Gasteiger partial charge in [0, 0.05) is 42.4 Å². The number of hydrogen-bond acceptors (Lipinski definition) is 5. The predicted molar refractivity (Wildman–Crippen MR) is 166 cm³/mol. The van der Waals surface area contributed by atoms with E-state index in [1.165, 1.54) is 0 Å². The molecule has 2 unspecified atom stereocenters. The summed E-state index contributed by atoms with van der Waals surface area (Å²) in [6.45, 7) is 19.3. The van der Waals surface area contributed by atoms with Crippen molar-refractivity contribution in [2.24, 2.45) is 17.3 Å². The van der Waals surface area contributed by atoms with Crippen LogP contribution in [0.25, 0.3) is 0 Å². The van der Waals surface area contributed by atoms with E-state index in [4.69, 9.17) is 5.11 Å². The molecular formula is C33H50N4O5. The second-order valence-electron chi connectivity index (χ2n) is 12.3. The molecule has 1 aromatic carbocycles. The lowest BCUT2D eigenvalue weighted by Gasteiger charge is -2.31. The van der Waals surface area contributed by atoms with Gasteiger partial charge in [-0.15, -0.1) is 0 Å². The normalized spacial score (nSPS) is 16.0. The predicted octanol–water partition coefficient (Wildman–Crippen LogP) is 5.25. The van der Waals surface area contributed by atoms with E-state index in [-0.39, 0.29) is 47.9 Å². The zero-order valence-corrected chi connectivity index (χ0v) is 26.1. The highest BCUT2D eigenvalue weighted by atomic mass is 16.4. The number of carbonyl (C=O) groups is 4. The number of carboxylic acid groups (broad SMARTS) is 1. The molecule has 0 bridgehead atoms. The first kappa shape index (κ1) is 34.6. The summed E-state index contributed by atoms with van der Waals surface area (Å²) in [4.78, 5) is 50.4. The number of allylic oxidation sites excluding steroid dienone is 2. The Morgan fingerprint density at radius 1 is 1.10 bits per heavy atom. The second kappa shape index (κ2) is 16.1. The number of aliphatic carboxylic acids is 1. The van der Waals surface area contributed by atoms with Crippen molar-refractivity contribution < 1.29 is 24.3 Å². The smallest absolute Gasteiger partial charge is 0.303 e. The molecule has 232 valence electrons. The second-order valence-corrected chi connectivity index (χ2v) is 12.3. The molecule has 9 nitrogen and oxygen atoms in total. The molecule has 42 heavy (non-hydrogen) atoms. The van der Waals surface area contributed by atoms with Crippen molar-refractivity contribution in [2.45, 2.75) is 92.0 Å². The van der Waals surface area contributed by atoms with Crippen LogP contribution < -0.4 is 16.0 Å². The van der Waals surface area contributed by atoms with Crippen LogP contribution in [-0.4, -0.2) is 52.8 Å². The Labute approximate surface area is 251 Å². The lowest BCUT2D eigenvalue weighted by atomic mass is 9.75. The van der Waals surface area contributed by atoms with Gasteiger partial charge in [-0.2, -0.15) is 0 Å². The number of rotatable bonds is 18. The summed E-state index contributed by atoms with van der Waals surface area (Å²) < 4.78 is 0. The van der Waals surface area contributed by atoms with Gasteiger partial charge in [0.05, 0.1) is 6.54 Å². The van der Waals surface area contributed by atoms with Gasteiger partial charge in [-0.1, -0.05) is 72.8 Å². The number of aryl methyl sites for hydroxylation is 1. The van der Waals surface area contributed by atoms with Gasteiger partial charge in [-0.05, 0) is 54.7 Å². The molecule has 4 N–H and O–H groups in total. The fourth-order valence-electron chi connectivity index (χ4n) is 5.09. The summed E-state index contributed by atoms with van der Waals surface area (Å²) in [6, 6.07) is 6.44. The number of carbonyl (C=O) groups excluding carboxylic acids is 3. The Morgan fingerprint density at radius 2 is 1.76 bits per heavy atom. The van der Waals surface area contributed by atoms with Gasteiger partial charge in [0.1, 0.15) is 6.04 Å². The van der Waals surface area contributed by atoms with Crippen molar-refractivity contribution in [1.82, 2.24) is 15.5 Å². The molecule has 1 aromatic rings. The number of likely N-dealkylation sites (tertiary alicyclic amines) is 1. The molecule has 2 atom stereocenters. The first-order valence-electron chi connectivity index (χ1n) is 15.1. The molecule has 0 aromatic heterocycles. The van der Waals surface area contributed by atoms with Gasteiger partial charge < -0.3 is 26.0 Å². The minimum atomic E-state index is -0.857. The van der Waals surface area contributed by atoms with Crippen molar-refractivity contribution in [3.8, 4) is 0 Å². The average Bonchev–Trinajstić information content (AvgIpc) is 3.23. The Morgan fingerprint density at radius 3 is 2.36 bits per heavy atom. The van der Waals surface area contributed by atoms with E-state index in [9.17, 15) is 19.2 Å². The van der Waals surface area contributed by atoms with Gasteiger partial charge in [0.2, 0.25) is 17.7 Å². The van der Waals surface area contributed by atoms with Crippen molar-refractivity contribution >= 4 is 29.4 Å². The number of nitrogens with one attached hydrogen (secondary N) is 3. The van der Waals surface area contributed by atoms with E-state index in [1.54, 1.807) is 24.3 Å². The first-order chi connectivity index (χ1) is 19.7. The lowest BCUT2D eigenvalue weighted by Crippen LogP contribution is -2.48. The van der Waals surface area contributed by atoms with Crippen LogP contribution in [0.3, 0.4) is 0 Å². The summed E-state index contributed by atoms with van der Waals surface area (Å²) in [5, 5.41) is 17.5. The maximum atomic E-state index is 12.9. The number of benzene rings is 1. The highest BCUT2D eigenvalue weighted by molar-refractivity contribution is 5.95. The third kappa shape index (κ3) is 10.7. The van der Waals surface area contributed by atoms with Crippen molar-refractivity contribution in [3.05, 3.63) is 54.4 Å². The highest BCUT2D eigenvalue weighted by Crippen LogP contribution is 2.43. The Bertz CT molecular complexity index is 1130. The van der Waals surface area contributed by atoms with Crippen LogP contribution in [0.15, 0.2) is 48.8 Å². The standard InChI is InChI=1S/C33H50N4O5/c1-8-33(6,7)27-20-29(39)37(24(27)5)19-11-9-10-12-23(4)35-31(22(2)3)32(42)34-21-28(38)36-26-16-13-25(14-17-26)15-18-30(40)41/h13-14,16-17,22,27,31,35H,4-5,8-12,15,18-21H2,1-3,6-7H3,(H,34,42)(H,36,38)(H,40,41). The van der Waals surface area contributed by atoms with Gasteiger partial charge >= 0.3 is 5.97 Å². The molecular weight excluding hydrogens is 532 g/mol. The largest absolute Gasteiger partial charge is 0.481 e. The number of unbranched alkanes of at least 4 members (excludes halogenated alkanes) is 2. The van der Waals surface area contributed by atoms with Crippen molar-refractivity contribution in [3.63, 3.8) is 0 Å². The molecule has 2 rings (SSSR count). The Hall–Kier alpha value is -3.62. The minimum Gasteiger partial charge on any atom is -0.481 e. The fraction of sp³-hybridized carbons (Fsp3) is 0.576. The maximum Gasteiger partial charge on any atom is 0.303 e. The number of hydrogen-bond donors (Lipinski definition) is 4. The fourth-order valence-corrected chi connectivity index (χ4v) is 5.09. The van der Waals surface area contributed by atoms with Crippen LogP contribution in [0, 0.1) is 17.3 Å². The number of amides is 3. The topological polar surface area (TPSA) is 128 Å². The summed E-state index contributed by atoms with van der Waals surface area (Å²) in [5.74, 6) is -1.14. The lowest BCUT2D eigenvalue weighted by molar-refractivity contribution is -0.137. The number of anilines is 1. The molecule has 0 spiro atoms. The zero-order valence-electron chi connectivity index (χ0n) is 26.1. The molecule has 9 heteroatoms. The molecule has 1 aliphatic rings. The van der Waals surface area contributed by atoms with Crippen LogP contribution in [0.1, 0.15) is 85.1 Å². The van der Waals surface area contributed by atoms with Crippen molar-refractivity contribution in [2.75, 3.05) is 18.4 Å². The van der Waals surface area contributed by atoms with Crippen LogP contribution in [0.4, 0.5) is 5.69 Å². The zero-order chi connectivity index (χ0) is 31.4. The molecule has 1 aliphatic heterocycles. The van der Waals surface area contributed by atoms with E-state index in [0.29, 0.717) is 31.5 Å². The van der Waals surface area contributed by atoms with Gasteiger partial charge in [0.25, 0.3) is 0 Å². The minimum absolute atomic E-state index is 0.0179. The van der Waals surface area contributed by atoms with E-state index >= 15 is 0 Å². The third-order valence-corrected chi connectivity index (χ3v) is 8.24. The third-order valence-electron chi connectivity index (χ3n) is 8.24. The summed E-state index contributed by atoms with van der Waals surface area (Å²) in [7, 11) is 0. The van der Waals surface area contributed by atoms with E-state index in [1.807, 2.05) is 18.7 Å². The van der Waals surface area contributed by atoms with Crippen LogP contribution in [-0.2, 0) is 25.6 Å². The molecule has 0 saturated carbocycles. The molecule has 3 amide bonds. The molecule has 1 heterocycles. The van der Waals surface area contributed by atoms with Crippen molar-refractivity contribution in [1.29, 1.82) is 0 Å². The quantitative estimate of drug-likeness (QED) is 0.175. The monoisotopic (exact) mass is 582 g/mol. The molecule has 1 saturated heterocycles. The van der Waals surface area contributed by atoms with Crippen LogP contribution in [0.5, 0.6) is 0 Å². The molecule has 1 fully saturated rings. The molecule has 0 radical (unpaired) electrons. The maximum absolute atomic E-state index is 12.9.